The Labute approximate surface area is 270 Å². The molecule has 0 aromatic heterocycles. The highest BCUT2D eigenvalue weighted by molar-refractivity contribution is 7.89. The maximum absolute atomic E-state index is 14.6. The van der Waals surface area contributed by atoms with Gasteiger partial charge < -0.3 is 34.9 Å². The predicted octanol–water partition coefficient (Wildman–Crippen LogP) is 2.13. The second-order valence-corrected chi connectivity index (χ2v) is 13.3. The fraction of sp³-hybridized carbons (Fsp3) is 0.344. The smallest absolute Gasteiger partial charge is 0.262 e. The fourth-order valence-electron chi connectivity index (χ4n) is 5.66. The van der Waals surface area contributed by atoms with Gasteiger partial charge in [-0.1, -0.05) is 6.07 Å². The van der Waals surface area contributed by atoms with Gasteiger partial charge in [0.1, 0.15) is 23.4 Å². The first kappa shape index (κ1) is 32.1. The maximum atomic E-state index is 14.6. The van der Waals surface area contributed by atoms with Gasteiger partial charge in [0.15, 0.2) is 24.7 Å². The van der Waals surface area contributed by atoms with Crippen LogP contribution in [-0.4, -0.2) is 76.0 Å². The molecule has 0 saturated carbocycles. The summed E-state index contributed by atoms with van der Waals surface area (Å²) in [7, 11) is -2.63. The first-order chi connectivity index (χ1) is 22.6. The molecule has 3 heterocycles. The fourth-order valence-corrected chi connectivity index (χ4v) is 7.17. The van der Waals surface area contributed by atoms with Crippen LogP contribution in [0.3, 0.4) is 0 Å². The van der Waals surface area contributed by atoms with Crippen LogP contribution in [0.4, 0.5) is 10.1 Å². The number of piperidine rings is 1. The molecule has 0 radical (unpaired) electrons. The first-order valence-corrected chi connectivity index (χ1v) is 16.4. The number of nitrogens with zero attached hydrogens (tertiary/aromatic N) is 1. The van der Waals surface area contributed by atoms with Gasteiger partial charge in [0.05, 0.1) is 23.7 Å². The van der Waals surface area contributed by atoms with Crippen molar-refractivity contribution in [1.82, 2.24) is 14.9 Å². The van der Waals surface area contributed by atoms with Crippen molar-refractivity contribution < 1.29 is 46.1 Å². The Kier molecular flexibility index (Phi) is 9.18. The highest BCUT2D eigenvalue weighted by Gasteiger charge is 2.38. The van der Waals surface area contributed by atoms with Crippen LogP contribution in [0.25, 0.3) is 0 Å². The number of sulfonamides is 1. The number of carbonyl (C=O) groups is 3. The molecule has 2 atom stereocenters. The second kappa shape index (κ2) is 13.5. The molecule has 3 N–H and O–H groups in total. The molecule has 4 bridgehead atoms. The third-order valence-electron chi connectivity index (χ3n) is 8.02. The summed E-state index contributed by atoms with van der Waals surface area (Å²) in [6, 6.07) is 12.6. The molecule has 0 aliphatic carbocycles. The van der Waals surface area contributed by atoms with Crippen LogP contribution in [0.15, 0.2) is 59.5 Å². The number of hydrogen-bond acceptors (Lipinski definition) is 9. The van der Waals surface area contributed by atoms with Gasteiger partial charge in [-0.3, -0.25) is 14.4 Å². The molecule has 1 fully saturated rings. The van der Waals surface area contributed by atoms with Crippen LogP contribution in [0.1, 0.15) is 24.0 Å². The number of aryl methyl sites for hydroxylation is 1. The summed E-state index contributed by atoms with van der Waals surface area (Å²) >= 11 is 0. The zero-order chi connectivity index (χ0) is 33.1. The highest BCUT2D eigenvalue weighted by Crippen LogP contribution is 2.33. The minimum atomic E-state index is -4.10. The highest BCUT2D eigenvalue weighted by atomic mass is 32.2. The van der Waals surface area contributed by atoms with Gasteiger partial charge in [-0.2, -0.15) is 4.31 Å². The van der Waals surface area contributed by atoms with Gasteiger partial charge in [0, 0.05) is 38.5 Å². The standard InChI is InChI=1S/C32H33FN4O9S/c1-43-28-5-2-19-3-7-30(38)34-15-20-10-21(33)13-22(11-20)46-27-8-9-37(16-25(27)36-32(40)18-45-29(28)12-19)47(41,42)23-4-6-26-24(14-23)35-31(39)17-44-26/h2,4-6,10-14,25,27H,3,7-9,15-18H2,1H3,(H,34,38)(H,35,39)(H,36,40)/t25-,27-/m1/s1. The molecule has 0 unspecified atom stereocenters. The van der Waals surface area contributed by atoms with Crippen molar-refractivity contribution in [3.8, 4) is 23.0 Å². The number of hydrogen-bond donors (Lipinski definition) is 3. The Morgan fingerprint density at radius 3 is 2.53 bits per heavy atom. The molecule has 1 saturated heterocycles. The number of nitrogens with one attached hydrogen (secondary N) is 3. The van der Waals surface area contributed by atoms with E-state index in [9.17, 15) is 27.2 Å². The summed E-state index contributed by atoms with van der Waals surface area (Å²) in [4.78, 5) is 37.6. The summed E-state index contributed by atoms with van der Waals surface area (Å²) < 4.78 is 66.1. The van der Waals surface area contributed by atoms with E-state index in [-0.39, 0.29) is 61.3 Å². The normalized spacial score (nSPS) is 20.7. The van der Waals surface area contributed by atoms with Crippen LogP contribution in [0.2, 0.25) is 0 Å². The number of ether oxygens (including phenoxy) is 4. The number of anilines is 1. The van der Waals surface area contributed by atoms with E-state index in [0.717, 1.165) is 5.56 Å². The van der Waals surface area contributed by atoms with Crippen molar-refractivity contribution >= 4 is 33.4 Å². The van der Waals surface area contributed by atoms with E-state index < -0.39 is 46.4 Å². The number of amides is 3. The van der Waals surface area contributed by atoms with Gasteiger partial charge in [-0.15, -0.1) is 0 Å². The van der Waals surface area contributed by atoms with Crippen molar-refractivity contribution in [2.45, 2.75) is 42.8 Å². The van der Waals surface area contributed by atoms with Crippen molar-refractivity contribution in [3.05, 3.63) is 71.5 Å². The average Bonchev–Trinajstić information content (AvgIpc) is 3.05. The molecule has 3 amide bonds. The van der Waals surface area contributed by atoms with E-state index in [1.807, 2.05) is 0 Å². The third-order valence-corrected chi connectivity index (χ3v) is 9.88. The molecule has 3 aliphatic rings. The zero-order valence-electron chi connectivity index (χ0n) is 25.4. The molecule has 3 aliphatic heterocycles. The molecule has 0 spiro atoms. The van der Waals surface area contributed by atoms with Gasteiger partial charge in [0.25, 0.3) is 11.8 Å². The Morgan fingerprint density at radius 2 is 1.70 bits per heavy atom. The summed E-state index contributed by atoms with van der Waals surface area (Å²) in [5, 5.41) is 8.25. The lowest BCUT2D eigenvalue weighted by Crippen LogP contribution is -2.58. The molecule has 6 rings (SSSR count). The summed E-state index contributed by atoms with van der Waals surface area (Å²) in [5.74, 6) is -0.563. The van der Waals surface area contributed by atoms with E-state index in [1.165, 1.54) is 41.7 Å². The molecular weight excluding hydrogens is 635 g/mol. The number of methoxy groups -OCH3 is 1. The lowest BCUT2D eigenvalue weighted by molar-refractivity contribution is -0.125. The zero-order valence-corrected chi connectivity index (χ0v) is 26.2. The SMILES string of the molecule is COc1ccc2cc1OCC(=O)N[C@@H]1CN(S(=O)(=O)c3ccc4c(c3)NC(=O)CO4)CC[C@H]1Oc1cc(F)cc(c1)CNC(=O)CC2. The minimum Gasteiger partial charge on any atom is -0.493 e. The van der Waals surface area contributed by atoms with Gasteiger partial charge >= 0.3 is 0 Å². The van der Waals surface area contributed by atoms with Crippen molar-refractivity contribution in [1.29, 1.82) is 0 Å². The molecule has 248 valence electrons. The van der Waals surface area contributed by atoms with Gasteiger partial charge in [-0.25, -0.2) is 12.8 Å². The van der Waals surface area contributed by atoms with Crippen LogP contribution in [0.5, 0.6) is 23.0 Å². The average molecular weight is 669 g/mol. The van der Waals surface area contributed by atoms with Crippen molar-refractivity contribution in [3.63, 3.8) is 0 Å². The number of fused-ring (bicyclic) bond motifs is 6. The van der Waals surface area contributed by atoms with Crippen LogP contribution >= 0.6 is 0 Å². The molecule has 3 aromatic carbocycles. The number of rotatable bonds is 3. The first-order valence-electron chi connectivity index (χ1n) is 15.0. The van der Waals surface area contributed by atoms with Crippen molar-refractivity contribution in [2.75, 3.05) is 38.7 Å². The van der Waals surface area contributed by atoms with Crippen LogP contribution in [0, 0.1) is 5.82 Å². The quantitative estimate of drug-likeness (QED) is 0.380. The van der Waals surface area contributed by atoms with E-state index >= 15 is 0 Å². The second-order valence-electron chi connectivity index (χ2n) is 11.3. The summed E-state index contributed by atoms with van der Waals surface area (Å²) in [5.41, 5.74) is 1.49. The van der Waals surface area contributed by atoms with E-state index in [2.05, 4.69) is 16.0 Å². The molecule has 15 heteroatoms. The lowest BCUT2D eigenvalue weighted by Gasteiger charge is -2.38. The number of benzene rings is 3. The minimum absolute atomic E-state index is 0.0258. The van der Waals surface area contributed by atoms with Gasteiger partial charge in [-0.05, 0) is 60.0 Å². The summed E-state index contributed by atoms with van der Waals surface area (Å²) in [6.45, 7) is -0.678. The Morgan fingerprint density at radius 1 is 0.894 bits per heavy atom. The lowest BCUT2D eigenvalue weighted by atomic mass is 10.0. The topological polar surface area (TPSA) is 162 Å². The third kappa shape index (κ3) is 7.41. The summed E-state index contributed by atoms with van der Waals surface area (Å²) in [6.07, 6.45) is -0.0494. The monoisotopic (exact) mass is 668 g/mol. The number of halogens is 1. The molecule has 3 aromatic rings. The maximum Gasteiger partial charge on any atom is 0.262 e. The van der Waals surface area contributed by atoms with Crippen LogP contribution in [-0.2, 0) is 37.4 Å². The van der Waals surface area contributed by atoms with E-state index in [4.69, 9.17) is 18.9 Å². The Balaban J connectivity index is 1.28. The predicted molar refractivity (Wildman–Crippen MR) is 165 cm³/mol. The molecule has 47 heavy (non-hydrogen) atoms. The van der Waals surface area contributed by atoms with E-state index in [0.29, 0.717) is 29.2 Å². The molecule has 13 nitrogen and oxygen atoms in total. The van der Waals surface area contributed by atoms with Crippen molar-refractivity contribution in [2.24, 2.45) is 0 Å². The largest absolute Gasteiger partial charge is 0.493 e. The van der Waals surface area contributed by atoms with Gasteiger partial charge in [0.2, 0.25) is 15.9 Å². The van der Waals surface area contributed by atoms with E-state index in [1.54, 1.807) is 24.3 Å². The Bertz CT molecular complexity index is 1820. The number of carbonyl (C=O) groups excluding carboxylic acids is 3. The molecular formula is C32H33FN4O9S. The Hall–Kier alpha value is -4.89. The van der Waals surface area contributed by atoms with Crippen LogP contribution < -0.4 is 34.9 Å².